The summed E-state index contributed by atoms with van der Waals surface area (Å²) in [6, 6.07) is 11.1. The fraction of sp³-hybridized carbons (Fsp3) is 0.227. The zero-order valence-corrected chi connectivity index (χ0v) is 18.9. The van der Waals surface area contributed by atoms with E-state index in [9.17, 15) is 4.79 Å². The molecule has 3 heterocycles. The van der Waals surface area contributed by atoms with Crippen LogP contribution in [-0.2, 0) is 6.42 Å². The van der Waals surface area contributed by atoms with Gasteiger partial charge in [-0.25, -0.2) is 9.67 Å². The first kappa shape index (κ1) is 21.4. The molecule has 0 aliphatic heterocycles. The van der Waals surface area contributed by atoms with Gasteiger partial charge in [-0.2, -0.15) is 5.10 Å². The number of methoxy groups -OCH3 is 2. The average Bonchev–Trinajstić information content (AvgIpc) is 3.42. The second-order valence-corrected chi connectivity index (χ2v) is 8.01. The molecule has 1 amide bonds. The van der Waals surface area contributed by atoms with E-state index in [1.54, 1.807) is 23.9 Å². The second-order valence-electron chi connectivity index (χ2n) is 6.81. The van der Waals surface area contributed by atoms with E-state index in [2.05, 4.69) is 25.6 Å². The van der Waals surface area contributed by atoms with Crippen LogP contribution in [0.15, 0.2) is 42.6 Å². The first-order valence-corrected chi connectivity index (χ1v) is 10.7. The standard InChI is InChI=1S/C22H22N6O3S/c1-5-17-16(12-23-28(17)18-10-11-19(31-4)27-26-18)21(29)25-22-24-20(13(2)32-22)14-6-8-15(30-3)9-7-14/h6-12H,5H2,1-4H3,(H,24,25,29). The SMILES string of the molecule is CCc1c(C(=O)Nc2nc(-c3ccc(OC)cc3)c(C)s2)cnn1-c1ccc(OC)nn1. The Labute approximate surface area is 189 Å². The van der Waals surface area contributed by atoms with Crippen molar-refractivity contribution >= 4 is 22.4 Å². The predicted octanol–water partition coefficient (Wildman–Crippen LogP) is 3.93. The molecule has 4 rings (SSSR count). The molecule has 0 atom stereocenters. The first-order valence-electron chi connectivity index (χ1n) is 9.92. The third-order valence-electron chi connectivity index (χ3n) is 4.88. The van der Waals surface area contributed by atoms with Crippen LogP contribution in [0.25, 0.3) is 17.1 Å². The Kier molecular flexibility index (Phi) is 6.13. The monoisotopic (exact) mass is 450 g/mol. The van der Waals surface area contributed by atoms with Gasteiger partial charge in [0.25, 0.3) is 5.91 Å². The summed E-state index contributed by atoms with van der Waals surface area (Å²) in [5, 5.41) is 15.9. The number of nitrogens with one attached hydrogen (secondary N) is 1. The molecular weight excluding hydrogens is 428 g/mol. The van der Waals surface area contributed by atoms with E-state index >= 15 is 0 Å². The molecule has 0 unspecified atom stereocenters. The van der Waals surface area contributed by atoms with Crippen molar-refractivity contribution in [3.8, 4) is 28.7 Å². The highest BCUT2D eigenvalue weighted by Crippen LogP contribution is 2.31. The highest BCUT2D eigenvalue weighted by molar-refractivity contribution is 7.16. The molecule has 0 saturated heterocycles. The molecule has 0 bridgehead atoms. The van der Waals surface area contributed by atoms with Crippen LogP contribution in [0.5, 0.6) is 11.6 Å². The highest BCUT2D eigenvalue weighted by atomic mass is 32.1. The third-order valence-corrected chi connectivity index (χ3v) is 5.77. The van der Waals surface area contributed by atoms with Crippen LogP contribution >= 0.6 is 11.3 Å². The van der Waals surface area contributed by atoms with E-state index in [4.69, 9.17) is 9.47 Å². The van der Waals surface area contributed by atoms with E-state index in [0.717, 1.165) is 27.6 Å². The van der Waals surface area contributed by atoms with Crippen LogP contribution in [-0.4, -0.2) is 45.1 Å². The lowest BCUT2D eigenvalue weighted by molar-refractivity contribution is 0.102. The number of carbonyl (C=O) groups is 1. The molecule has 1 N–H and O–H groups in total. The van der Waals surface area contributed by atoms with Crippen LogP contribution in [0.2, 0.25) is 0 Å². The molecular formula is C22H22N6O3S. The molecule has 9 nitrogen and oxygen atoms in total. The van der Waals surface area contributed by atoms with E-state index in [0.29, 0.717) is 28.8 Å². The van der Waals surface area contributed by atoms with Gasteiger partial charge in [0.2, 0.25) is 5.88 Å². The number of anilines is 1. The Morgan fingerprint density at radius 3 is 2.50 bits per heavy atom. The van der Waals surface area contributed by atoms with Gasteiger partial charge in [-0.05, 0) is 43.7 Å². The average molecular weight is 451 g/mol. The maximum Gasteiger partial charge on any atom is 0.260 e. The molecule has 1 aromatic carbocycles. The molecule has 4 aromatic rings. The summed E-state index contributed by atoms with van der Waals surface area (Å²) in [7, 11) is 3.16. The van der Waals surface area contributed by atoms with Gasteiger partial charge in [0.05, 0.1) is 37.4 Å². The number of nitrogens with zero attached hydrogens (tertiary/aromatic N) is 5. The quantitative estimate of drug-likeness (QED) is 0.455. The van der Waals surface area contributed by atoms with E-state index in [1.165, 1.54) is 24.6 Å². The Hall–Kier alpha value is -3.79. The number of carbonyl (C=O) groups excluding carboxylic acids is 1. The number of ether oxygens (including phenoxy) is 2. The largest absolute Gasteiger partial charge is 0.497 e. The Morgan fingerprint density at radius 1 is 1.09 bits per heavy atom. The van der Waals surface area contributed by atoms with Crippen molar-refractivity contribution in [2.45, 2.75) is 20.3 Å². The summed E-state index contributed by atoms with van der Waals surface area (Å²) in [6.45, 7) is 3.93. The lowest BCUT2D eigenvalue weighted by Crippen LogP contribution is -2.14. The van der Waals surface area contributed by atoms with Crippen LogP contribution in [0, 0.1) is 6.92 Å². The first-order chi connectivity index (χ1) is 15.5. The van der Waals surface area contributed by atoms with Crippen LogP contribution in [0.3, 0.4) is 0 Å². The van der Waals surface area contributed by atoms with Crippen molar-refractivity contribution < 1.29 is 14.3 Å². The number of rotatable bonds is 7. The lowest BCUT2D eigenvalue weighted by Gasteiger charge is -2.07. The summed E-state index contributed by atoms with van der Waals surface area (Å²) >= 11 is 1.43. The zero-order valence-electron chi connectivity index (χ0n) is 18.1. The van der Waals surface area contributed by atoms with Crippen molar-refractivity contribution in [3.05, 3.63) is 58.7 Å². The Bertz CT molecular complexity index is 1230. The number of hydrogen-bond donors (Lipinski definition) is 1. The van der Waals surface area contributed by atoms with Gasteiger partial charge in [0.1, 0.15) is 5.75 Å². The second kappa shape index (κ2) is 9.15. The van der Waals surface area contributed by atoms with Gasteiger partial charge in [-0.15, -0.1) is 21.5 Å². The van der Waals surface area contributed by atoms with Crippen molar-refractivity contribution in [2.75, 3.05) is 19.5 Å². The van der Waals surface area contributed by atoms with Crippen LogP contribution in [0.1, 0.15) is 27.9 Å². The van der Waals surface area contributed by atoms with Crippen molar-refractivity contribution in [2.24, 2.45) is 0 Å². The van der Waals surface area contributed by atoms with Gasteiger partial charge < -0.3 is 9.47 Å². The summed E-state index contributed by atoms with van der Waals surface area (Å²) < 4.78 is 11.9. The van der Waals surface area contributed by atoms with Crippen LogP contribution < -0.4 is 14.8 Å². The predicted molar refractivity (Wildman–Crippen MR) is 122 cm³/mol. The minimum absolute atomic E-state index is 0.274. The van der Waals surface area contributed by atoms with E-state index in [1.807, 2.05) is 38.1 Å². The van der Waals surface area contributed by atoms with Gasteiger partial charge in [0, 0.05) is 16.5 Å². The maximum absolute atomic E-state index is 13.0. The summed E-state index contributed by atoms with van der Waals surface area (Å²) in [4.78, 5) is 18.6. The number of hydrogen-bond acceptors (Lipinski definition) is 8. The molecule has 32 heavy (non-hydrogen) atoms. The number of aryl methyl sites for hydroxylation is 1. The number of aromatic nitrogens is 5. The minimum Gasteiger partial charge on any atom is -0.497 e. The Morgan fingerprint density at radius 2 is 1.88 bits per heavy atom. The van der Waals surface area contributed by atoms with Gasteiger partial charge >= 0.3 is 0 Å². The summed E-state index contributed by atoms with van der Waals surface area (Å²) in [5.74, 6) is 1.42. The fourth-order valence-electron chi connectivity index (χ4n) is 3.27. The van der Waals surface area contributed by atoms with Crippen molar-refractivity contribution in [1.82, 2.24) is 25.0 Å². The smallest absolute Gasteiger partial charge is 0.260 e. The third kappa shape index (κ3) is 4.17. The number of thiazole rings is 1. The molecule has 10 heteroatoms. The summed E-state index contributed by atoms with van der Waals surface area (Å²) in [6.07, 6.45) is 2.12. The highest BCUT2D eigenvalue weighted by Gasteiger charge is 2.20. The number of benzene rings is 1. The van der Waals surface area contributed by atoms with Crippen molar-refractivity contribution in [3.63, 3.8) is 0 Å². The van der Waals surface area contributed by atoms with Crippen LogP contribution in [0.4, 0.5) is 5.13 Å². The fourth-order valence-corrected chi connectivity index (χ4v) is 4.10. The molecule has 164 valence electrons. The lowest BCUT2D eigenvalue weighted by atomic mass is 10.1. The zero-order chi connectivity index (χ0) is 22.7. The number of amides is 1. The van der Waals surface area contributed by atoms with Gasteiger partial charge in [0.15, 0.2) is 10.9 Å². The maximum atomic E-state index is 13.0. The van der Waals surface area contributed by atoms with E-state index < -0.39 is 0 Å². The molecule has 0 aliphatic carbocycles. The molecule has 0 fully saturated rings. The minimum atomic E-state index is -0.274. The van der Waals surface area contributed by atoms with Gasteiger partial charge in [-0.1, -0.05) is 6.92 Å². The molecule has 0 aliphatic rings. The normalized spacial score (nSPS) is 10.8. The topological polar surface area (TPSA) is 104 Å². The summed E-state index contributed by atoms with van der Waals surface area (Å²) in [5.41, 5.74) is 2.97. The Balaban J connectivity index is 1.57. The van der Waals surface area contributed by atoms with E-state index in [-0.39, 0.29) is 5.91 Å². The molecule has 0 spiro atoms. The van der Waals surface area contributed by atoms with Crippen molar-refractivity contribution in [1.29, 1.82) is 0 Å². The molecule has 3 aromatic heterocycles. The molecule has 0 saturated carbocycles. The van der Waals surface area contributed by atoms with Gasteiger partial charge in [-0.3, -0.25) is 10.1 Å². The molecule has 0 radical (unpaired) electrons.